The first-order valence-corrected chi connectivity index (χ1v) is 25.5. The number of benzene rings is 1. The molecule has 4 aliphatic heterocycles. The first-order valence-electron chi connectivity index (χ1n) is 21.0. The highest BCUT2D eigenvalue weighted by atomic mass is 35.5. The maximum absolute atomic E-state index is 15.8. The quantitative estimate of drug-likeness (QED) is 0.190. The van der Waals surface area contributed by atoms with Gasteiger partial charge in [-0.1, -0.05) is 70.0 Å². The fourth-order valence-electron chi connectivity index (χ4n) is 8.67. The van der Waals surface area contributed by atoms with Gasteiger partial charge >= 0.3 is 6.09 Å². The summed E-state index contributed by atoms with van der Waals surface area (Å²) in [5.74, 6) is -1.67. The van der Waals surface area contributed by atoms with Gasteiger partial charge in [-0.25, -0.2) is 23.6 Å². The van der Waals surface area contributed by atoms with Gasteiger partial charge in [0.15, 0.2) is 13.5 Å². The standard InChI is InChI=1S/C44H58Cl2F2N6O5SSi/c1-25(2)34-35(60-39-50-43(9,27-13-15-33(46)49-20-27)36(54(34)39)26-12-14-30(45)31(48)18-26)38(56)51-21-28(47)19-32(51)37(55)52-24-44(16-17-44)53(40(57)59-41(3,4)5)22-29(52)23-58-61(10,11)42(6,7)8/h12-15,18,20,25,28-29,32,36H,16-17,19,21-24H2,1-11H3/t28-,29-,32+,36-,43+/m1/s1. The zero-order valence-electron chi connectivity index (χ0n) is 36.9. The molecule has 2 aromatic rings. The van der Waals surface area contributed by atoms with Crippen molar-refractivity contribution in [2.75, 3.05) is 26.2 Å². The molecule has 5 heterocycles. The minimum atomic E-state index is -2.31. The SMILES string of the molecule is CC(C)C1=C(C(=O)N2C[C@H](F)C[C@H]2C(=O)N2CC3(CC3)N(C(=O)OC(C)(C)C)C[C@@H]2CO[Si](C)(C)C(C)(C)C)SC2=N[C@@](C)(c3ccc(Cl)nc3)[C@@H](c3ccc(Cl)c(F)c3)N21. The number of nitrogens with zero attached hydrogens (tertiary/aromatic N) is 6. The zero-order valence-corrected chi connectivity index (χ0v) is 40.3. The fraction of sp³-hybridized carbons (Fsp3) is 0.614. The fourth-order valence-corrected chi connectivity index (χ4v) is 11.3. The highest BCUT2D eigenvalue weighted by Crippen LogP contribution is 2.57. The average molecular weight is 920 g/mol. The molecule has 1 aromatic carbocycles. The maximum Gasteiger partial charge on any atom is 0.410 e. The van der Waals surface area contributed by atoms with Gasteiger partial charge in [-0.3, -0.25) is 14.5 Å². The van der Waals surface area contributed by atoms with Gasteiger partial charge in [-0.2, -0.15) is 0 Å². The van der Waals surface area contributed by atoms with Gasteiger partial charge in [-0.15, -0.1) is 0 Å². The Labute approximate surface area is 373 Å². The van der Waals surface area contributed by atoms with E-state index in [1.165, 1.54) is 28.8 Å². The van der Waals surface area contributed by atoms with Crippen LogP contribution in [0.3, 0.4) is 0 Å². The molecule has 5 atom stereocenters. The minimum absolute atomic E-state index is 0.0257. The van der Waals surface area contributed by atoms with Crippen LogP contribution in [0, 0.1) is 11.7 Å². The number of allylic oxidation sites excluding steroid dienone is 1. The lowest BCUT2D eigenvalue weighted by Crippen LogP contribution is -2.66. The van der Waals surface area contributed by atoms with Crippen molar-refractivity contribution in [1.82, 2.24) is 24.6 Å². The molecule has 1 saturated carbocycles. The molecule has 0 bridgehead atoms. The second-order valence-corrected chi connectivity index (χ2v) is 26.7. The highest BCUT2D eigenvalue weighted by Gasteiger charge is 2.60. The Morgan fingerprint density at radius 3 is 2.30 bits per heavy atom. The molecular weight excluding hydrogens is 862 g/mol. The van der Waals surface area contributed by atoms with Crippen molar-refractivity contribution in [2.45, 2.75) is 141 Å². The number of aliphatic imine (C=N–C) groups is 1. The number of carbonyl (C=O) groups excluding carboxylic acids is 3. The molecule has 3 fully saturated rings. The van der Waals surface area contributed by atoms with Crippen LogP contribution in [0.5, 0.6) is 0 Å². The number of amidine groups is 1. The zero-order chi connectivity index (χ0) is 44.8. The first kappa shape index (κ1) is 45.8. The largest absolute Gasteiger partial charge is 0.444 e. The number of ether oxygens (including phenoxy) is 1. The molecular formula is C44H58Cl2F2N6O5SSi. The summed E-state index contributed by atoms with van der Waals surface area (Å²) >= 11 is 13.5. The van der Waals surface area contributed by atoms with Crippen molar-refractivity contribution < 1.29 is 32.3 Å². The van der Waals surface area contributed by atoms with Crippen LogP contribution in [0.15, 0.2) is 52.1 Å². The van der Waals surface area contributed by atoms with Crippen molar-refractivity contribution in [3.05, 3.63) is 74.3 Å². The topological polar surface area (TPSA) is 108 Å². The van der Waals surface area contributed by atoms with Crippen molar-refractivity contribution in [2.24, 2.45) is 10.9 Å². The normalized spacial score (nSPS) is 26.4. The maximum atomic E-state index is 15.8. The van der Waals surface area contributed by atoms with Gasteiger partial charge < -0.3 is 23.9 Å². The number of pyridine rings is 1. The molecule has 2 saturated heterocycles. The summed E-state index contributed by atoms with van der Waals surface area (Å²) in [5.41, 5.74) is -0.382. The molecule has 0 unspecified atom stereocenters. The summed E-state index contributed by atoms with van der Waals surface area (Å²) < 4.78 is 43.6. The lowest BCUT2D eigenvalue weighted by atomic mass is 9.81. The van der Waals surface area contributed by atoms with Crippen LogP contribution in [0.1, 0.15) is 98.7 Å². The lowest BCUT2D eigenvalue weighted by Gasteiger charge is -2.49. The van der Waals surface area contributed by atoms with Crippen LogP contribution in [-0.4, -0.2) is 112 Å². The van der Waals surface area contributed by atoms with Gasteiger partial charge in [0.05, 0.1) is 35.8 Å². The van der Waals surface area contributed by atoms with Crippen molar-refractivity contribution >= 4 is 66.4 Å². The van der Waals surface area contributed by atoms with E-state index in [9.17, 15) is 4.79 Å². The summed E-state index contributed by atoms with van der Waals surface area (Å²) in [5, 5.41) is 0.686. The van der Waals surface area contributed by atoms with E-state index in [1.54, 1.807) is 28.1 Å². The predicted octanol–water partition coefficient (Wildman–Crippen LogP) is 9.71. The monoisotopic (exact) mass is 918 g/mol. The number of alkyl halides is 1. The number of piperazine rings is 1. The predicted molar refractivity (Wildman–Crippen MR) is 238 cm³/mol. The number of halogens is 4. The first-order chi connectivity index (χ1) is 28.3. The summed E-state index contributed by atoms with van der Waals surface area (Å²) in [6.45, 7) is 22.4. The van der Waals surface area contributed by atoms with E-state index in [-0.39, 0.29) is 54.5 Å². The number of aromatic nitrogens is 1. The number of rotatable bonds is 8. The van der Waals surface area contributed by atoms with Gasteiger partial charge in [-0.05, 0) is 100 Å². The van der Waals surface area contributed by atoms with Gasteiger partial charge in [0.2, 0.25) is 5.91 Å². The van der Waals surface area contributed by atoms with Crippen LogP contribution >= 0.6 is 35.0 Å². The minimum Gasteiger partial charge on any atom is -0.444 e. The van der Waals surface area contributed by atoms with Crippen molar-refractivity contribution in [3.63, 3.8) is 0 Å². The van der Waals surface area contributed by atoms with Gasteiger partial charge in [0, 0.05) is 37.0 Å². The Bertz CT molecular complexity index is 2160. The second-order valence-electron chi connectivity index (χ2n) is 20.1. The average Bonchev–Trinajstić information content (AvgIpc) is 3.50. The van der Waals surface area contributed by atoms with Crippen LogP contribution in [0.4, 0.5) is 13.6 Å². The number of hydrogen-bond acceptors (Lipinski definition) is 9. The van der Waals surface area contributed by atoms with Gasteiger partial charge in [0.1, 0.15) is 39.2 Å². The molecule has 1 aromatic heterocycles. The molecule has 5 aliphatic rings. The Morgan fingerprint density at radius 1 is 1.03 bits per heavy atom. The Kier molecular flexibility index (Phi) is 12.1. The molecule has 11 nitrogen and oxygen atoms in total. The second kappa shape index (κ2) is 16.1. The third-order valence-corrected chi connectivity index (χ3v) is 19.2. The molecule has 0 radical (unpaired) electrons. The van der Waals surface area contributed by atoms with E-state index in [2.05, 4.69) is 38.8 Å². The van der Waals surface area contributed by atoms with E-state index in [0.29, 0.717) is 39.3 Å². The molecule has 1 spiro atoms. The molecule has 0 N–H and O–H groups in total. The smallest absolute Gasteiger partial charge is 0.410 e. The van der Waals surface area contributed by atoms with Crippen LogP contribution in [0.2, 0.25) is 28.3 Å². The number of likely N-dealkylation sites (tertiary alicyclic amines) is 1. The Morgan fingerprint density at radius 2 is 1.72 bits per heavy atom. The number of fused-ring (bicyclic) bond motifs is 1. The molecule has 332 valence electrons. The molecule has 61 heavy (non-hydrogen) atoms. The Hall–Kier alpha value is -3.24. The third kappa shape index (κ3) is 8.59. The Balaban J connectivity index is 1.23. The summed E-state index contributed by atoms with van der Waals surface area (Å²) in [4.78, 5) is 60.6. The third-order valence-electron chi connectivity index (χ3n) is 13.2. The van der Waals surface area contributed by atoms with E-state index >= 15 is 18.4 Å². The summed E-state index contributed by atoms with van der Waals surface area (Å²) in [7, 11) is -2.31. The number of hydrogen-bond donors (Lipinski definition) is 0. The molecule has 3 amide bonds. The van der Waals surface area contributed by atoms with Crippen LogP contribution in [0.25, 0.3) is 0 Å². The van der Waals surface area contributed by atoms with Crippen LogP contribution in [-0.2, 0) is 24.3 Å². The van der Waals surface area contributed by atoms with Crippen LogP contribution < -0.4 is 0 Å². The molecule has 7 rings (SSSR count). The molecule has 17 heteroatoms. The van der Waals surface area contributed by atoms with E-state index in [1.807, 2.05) is 52.5 Å². The number of carbonyl (C=O) groups is 3. The number of thioether (sulfide) groups is 1. The highest BCUT2D eigenvalue weighted by molar-refractivity contribution is 8.18. The van der Waals surface area contributed by atoms with Crippen molar-refractivity contribution in [3.8, 4) is 0 Å². The number of amides is 3. The van der Waals surface area contributed by atoms with Crippen molar-refractivity contribution in [1.29, 1.82) is 0 Å². The van der Waals surface area contributed by atoms with E-state index in [4.69, 9.17) is 37.4 Å². The summed E-state index contributed by atoms with van der Waals surface area (Å²) in [6.07, 6.45) is 0.994. The van der Waals surface area contributed by atoms with Gasteiger partial charge in [0.25, 0.3) is 5.91 Å². The molecule has 1 aliphatic carbocycles. The lowest BCUT2D eigenvalue weighted by molar-refractivity contribution is -0.148. The van der Waals surface area contributed by atoms with E-state index in [0.717, 1.165) is 5.56 Å². The van der Waals surface area contributed by atoms with E-state index < -0.39 is 67.1 Å². The summed E-state index contributed by atoms with van der Waals surface area (Å²) in [6, 6.07) is 5.88.